The second-order valence-electron chi connectivity index (χ2n) is 12.3. The Morgan fingerprint density at radius 2 is 1.57 bits per heavy atom. The van der Waals surface area contributed by atoms with E-state index in [4.69, 9.17) is 4.42 Å². The first-order chi connectivity index (χ1) is 19.5. The van der Waals surface area contributed by atoms with Crippen LogP contribution in [-0.4, -0.2) is 0 Å². The van der Waals surface area contributed by atoms with Gasteiger partial charge in [0.1, 0.15) is 18.2 Å². The van der Waals surface area contributed by atoms with Crippen molar-refractivity contribution in [3.8, 4) is 28.5 Å². The smallest absolute Gasteiger partial charge is 0.216 e. The van der Waals surface area contributed by atoms with E-state index in [1.165, 1.54) is 61.6 Å². The van der Waals surface area contributed by atoms with Crippen molar-refractivity contribution in [2.24, 2.45) is 18.9 Å². The van der Waals surface area contributed by atoms with Gasteiger partial charge < -0.3 is 4.42 Å². The van der Waals surface area contributed by atoms with Crippen LogP contribution in [0.1, 0.15) is 73.1 Å². The number of nitrogens with zero attached hydrogens (tertiary/aromatic N) is 2. The highest BCUT2D eigenvalue weighted by atomic mass is 16.3. The Morgan fingerprint density at radius 3 is 2.35 bits per heavy atom. The second kappa shape index (κ2) is 9.93. The molecule has 0 saturated heterocycles. The van der Waals surface area contributed by atoms with Crippen molar-refractivity contribution in [1.82, 2.24) is 0 Å². The number of nitriles is 1. The largest absolute Gasteiger partial charge is 0.454 e. The van der Waals surface area contributed by atoms with E-state index < -0.39 is 0 Å². The average molecular weight is 526 g/mol. The van der Waals surface area contributed by atoms with Gasteiger partial charge in [0.2, 0.25) is 5.69 Å². The van der Waals surface area contributed by atoms with E-state index >= 15 is 0 Å². The number of pyridine rings is 1. The van der Waals surface area contributed by atoms with Crippen LogP contribution >= 0.6 is 0 Å². The van der Waals surface area contributed by atoms with Gasteiger partial charge in [-0.15, -0.1) is 0 Å². The Hall–Kier alpha value is -3.90. The summed E-state index contributed by atoms with van der Waals surface area (Å²) in [6.45, 7) is 4.34. The predicted molar refractivity (Wildman–Crippen MR) is 162 cm³/mol. The maximum Gasteiger partial charge on any atom is 0.216 e. The SMILES string of the molecule is Cc1cc(C2CCC3CCCCC3C2)ccc1-c1c(C#N)ccc2c1oc1c(-c3cccc[n+]3C)c(C)ccc12. The zero-order valence-corrected chi connectivity index (χ0v) is 23.8. The Bertz CT molecular complexity index is 1800. The van der Waals surface area contributed by atoms with Crippen molar-refractivity contribution >= 4 is 21.9 Å². The van der Waals surface area contributed by atoms with E-state index in [2.05, 4.69) is 86.3 Å². The first-order valence-corrected chi connectivity index (χ1v) is 15.0. The van der Waals surface area contributed by atoms with E-state index in [0.29, 0.717) is 11.5 Å². The van der Waals surface area contributed by atoms with Crippen molar-refractivity contribution in [2.45, 2.75) is 64.7 Å². The fourth-order valence-corrected chi connectivity index (χ4v) is 7.86. The number of hydrogen-bond acceptors (Lipinski definition) is 2. The highest BCUT2D eigenvalue weighted by Gasteiger charge is 2.33. The number of benzene rings is 3. The summed E-state index contributed by atoms with van der Waals surface area (Å²) in [5.74, 6) is 2.52. The maximum atomic E-state index is 10.2. The molecule has 0 spiro atoms. The van der Waals surface area contributed by atoms with Gasteiger partial charge in [-0.3, -0.25) is 0 Å². The summed E-state index contributed by atoms with van der Waals surface area (Å²) in [7, 11) is 2.07. The van der Waals surface area contributed by atoms with Gasteiger partial charge in [-0.2, -0.15) is 5.26 Å². The number of aryl methyl sites for hydroxylation is 3. The van der Waals surface area contributed by atoms with Crippen LogP contribution in [0, 0.1) is 37.0 Å². The third-order valence-electron chi connectivity index (χ3n) is 9.98. The molecule has 0 aliphatic heterocycles. The van der Waals surface area contributed by atoms with Gasteiger partial charge in [-0.1, -0.05) is 56.0 Å². The molecule has 7 rings (SSSR count). The summed E-state index contributed by atoms with van der Waals surface area (Å²) in [4.78, 5) is 0. The van der Waals surface area contributed by atoms with Gasteiger partial charge in [0.05, 0.1) is 17.2 Å². The summed E-state index contributed by atoms with van der Waals surface area (Å²) in [5, 5.41) is 12.3. The van der Waals surface area contributed by atoms with Crippen molar-refractivity contribution in [1.29, 1.82) is 5.26 Å². The molecule has 2 aliphatic rings. The van der Waals surface area contributed by atoms with E-state index in [-0.39, 0.29) is 0 Å². The molecule has 3 unspecified atom stereocenters. The second-order valence-corrected chi connectivity index (χ2v) is 12.3. The molecule has 2 saturated carbocycles. The van der Waals surface area contributed by atoms with Gasteiger partial charge >= 0.3 is 0 Å². The fraction of sp³-hybridized carbons (Fsp3) is 0.351. The lowest BCUT2D eigenvalue weighted by molar-refractivity contribution is -0.660. The molecule has 0 N–H and O–H groups in total. The molecule has 5 aromatic rings. The van der Waals surface area contributed by atoms with Gasteiger partial charge in [-0.05, 0) is 91.3 Å². The minimum absolute atomic E-state index is 0.654. The lowest BCUT2D eigenvalue weighted by Crippen LogP contribution is -2.30. The standard InChI is InChI=1S/C37H37N2O/c1-23-11-16-31-32-18-15-29(22-38)35(37(32)40-36(31)34(23)33-10-6-7-19-39(33)3)30-17-14-27(20-24(30)2)28-13-12-25-8-4-5-9-26(25)21-28/h6-7,10-11,14-20,25-26,28H,4-5,8-9,12-13,21H2,1-3H3/q+1. The molecule has 3 aromatic carbocycles. The van der Waals surface area contributed by atoms with Gasteiger partial charge in [-0.25, -0.2) is 4.57 Å². The van der Waals surface area contributed by atoms with Gasteiger partial charge in [0.25, 0.3) is 0 Å². The lowest BCUT2D eigenvalue weighted by Gasteiger charge is -2.39. The highest BCUT2D eigenvalue weighted by Crippen LogP contribution is 2.47. The summed E-state index contributed by atoms with van der Waals surface area (Å²) < 4.78 is 8.94. The molecular formula is C37H37N2O+. The summed E-state index contributed by atoms with van der Waals surface area (Å²) in [6.07, 6.45) is 11.8. The van der Waals surface area contributed by atoms with Gasteiger partial charge in [0.15, 0.2) is 6.20 Å². The third kappa shape index (κ3) is 4.05. The number of hydrogen-bond donors (Lipinski definition) is 0. The number of aromatic nitrogens is 1. The average Bonchev–Trinajstić information content (AvgIpc) is 3.35. The number of furan rings is 1. The zero-order valence-electron chi connectivity index (χ0n) is 23.8. The van der Waals surface area contributed by atoms with Crippen LogP contribution in [0.2, 0.25) is 0 Å². The Labute approximate surface area is 237 Å². The topological polar surface area (TPSA) is 40.8 Å². The quantitative estimate of drug-likeness (QED) is 0.220. The molecule has 3 nitrogen and oxygen atoms in total. The van der Waals surface area contributed by atoms with E-state index in [0.717, 1.165) is 56.2 Å². The third-order valence-corrected chi connectivity index (χ3v) is 9.98. The van der Waals surface area contributed by atoms with Crippen molar-refractivity contribution in [3.05, 3.63) is 89.1 Å². The molecule has 0 radical (unpaired) electrons. The minimum Gasteiger partial charge on any atom is -0.454 e. The Morgan fingerprint density at radius 1 is 0.800 bits per heavy atom. The van der Waals surface area contributed by atoms with Crippen LogP contribution in [-0.2, 0) is 7.05 Å². The van der Waals surface area contributed by atoms with Crippen LogP contribution in [0.5, 0.6) is 0 Å². The van der Waals surface area contributed by atoms with Crippen LogP contribution < -0.4 is 4.57 Å². The summed E-state index contributed by atoms with van der Waals surface area (Å²) in [5.41, 5.74) is 10.4. The van der Waals surface area contributed by atoms with E-state index in [9.17, 15) is 5.26 Å². The molecular weight excluding hydrogens is 488 g/mol. The Kier molecular flexibility index (Phi) is 6.23. The van der Waals surface area contributed by atoms with Crippen LogP contribution in [0.15, 0.2) is 71.3 Å². The molecule has 2 aromatic heterocycles. The maximum absolute atomic E-state index is 10.2. The predicted octanol–water partition coefficient (Wildman–Crippen LogP) is 9.31. The fourth-order valence-electron chi connectivity index (χ4n) is 7.86. The van der Waals surface area contributed by atoms with Crippen LogP contribution in [0.4, 0.5) is 0 Å². The molecule has 3 heteroatoms. The van der Waals surface area contributed by atoms with Crippen LogP contribution in [0.3, 0.4) is 0 Å². The van der Waals surface area contributed by atoms with Crippen molar-refractivity contribution < 1.29 is 8.98 Å². The zero-order chi connectivity index (χ0) is 27.4. The summed E-state index contributed by atoms with van der Waals surface area (Å²) in [6, 6.07) is 24.1. The van der Waals surface area contributed by atoms with E-state index in [1.54, 1.807) is 0 Å². The Balaban J connectivity index is 1.36. The molecule has 2 fully saturated rings. The molecule has 40 heavy (non-hydrogen) atoms. The van der Waals surface area contributed by atoms with Gasteiger partial charge in [0, 0.05) is 28.5 Å². The molecule has 200 valence electrons. The highest BCUT2D eigenvalue weighted by molar-refractivity contribution is 6.14. The minimum atomic E-state index is 0.654. The molecule has 0 bridgehead atoms. The lowest BCUT2D eigenvalue weighted by atomic mass is 9.66. The number of fused-ring (bicyclic) bond motifs is 4. The van der Waals surface area contributed by atoms with Crippen LogP contribution in [0.25, 0.3) is 44.3 Å². The number of rotatable bonds is 3. The van der Waals surface area contributed by atoms with Crippen molar-refractivity contribution in [2.75, 3.05) is 0 Å². The first kappa shape index (κ1) is 25.1. The molecule has 3 atom stereocenters. The monoisotopic (exact) mass is 525 g/mol. The molecule has 2 aliphatic carbocycles. The summed E-state index contributed by atoms with van der Waals surface area (Å²) >= 11 is 0. The molecule has 2 heterocycles. The normalized spacial score (nSPS) is 20.9. The van der Waals surface area contributed by atoms with Crippen molar-refractivity contribution in [3.63, 3.8) is 0 Å². The molecule has 0 amide bonds. The first-order valence-electron chi connectivity index (χ1n) is 15.0. The van der Waals surface area contributed by atoms with E-state index in [1.807, 2.05) is 12.1 Å².